The summed E-state index contributed by atoms with van der Waals surface area (Å²) in [4.78, 5) is 26.2. The lowest BCUT2D eigenvalue weighted by atomic mass is 9.87. The summed E-state index contributed by atoms with van der Waals surface area (Å²) in [6.45, 7) is 1.73. The average Bonchev–Trinajstić information content (AvgIpc) is 2.70. The summed E-state index contributed by atoms with van der Waals surface area (Å²) in [5.41, 5.74) is 4.53. The highest BCUT2D eigenvalue weighted by atomic mass is 16.5. The zero-order valence-electron chi connectivity index (χ0n) is 15.9. The van der Waals surface area contributed by atoms with Gasteiger partial charge in [-0.1, -0.05) is 48.5 Å². The fourth-order valence-electron chi connectivity index (χ4n) is 3.52. The molecule has 0 saturated heterocycles. The van der Waals surface area contributed by atoms with Crippen molar-refractivity contribution in [3.63, 3.8) is 0 Å². The predicted octanol–water partition coefficient (Wildman–Crippen LogP) is 4.09. The van der Waals surface area contributed by atoms with E-state index in [1.807, 2.05) is 43.3 Å². The van der Waals surface area contributed by atoms with Gasteiger partial charge in [-0.2, -0.15) is 0 Å². The van der Waals surface area contributed by atoms with E-state index in [2.05, 4.69) is 12.1 Å². The van der Waals surface area contributed by atoms with Crippen LogP contribution in [0.3, 0.4) is 0 Å². The summed E-state index contributed by atoms with van der Waals surface area (Å²) >= 11 is 0. The van der Waals surface area contributed by atoms with Crippen LogP contribution in [0.5, 0.6) is 0 Å². The van der Waals surface area contributed by atoms with Crippen LogP contribution in [0.25, 0.3) is 6.08 Å². The molecule has 0 unspecified atom stereocenters. The number of fused-ring (bicyclic) bond motifs is 1. The lowest BCUT2D eigenvalue weighted by Crippen LogP contribution is -2.36. The number of hydrogen-bond acceptors (Lipinski definition) is 3. The van der Waals surface area contributed by atoms with Crippen LogP contribution in [0.2, 0.25) is 0 Å². The van der Waals surface area contributed by atoms with Gasteiger partial charge in [0, 0.05) is 13.1 Å². The van der Waals surface area contributed by atoms with Crippen molar-refractivity contribution in [3.8, 4) is 0 Å². The van der Waals surface area contributed by atoms with Crippen molar-refractivity contribution >= 4 is 18.0 Å². The first-order valence-corrected chi connectivity index (χ1v) is 9.30. The molecule has 0 bridgehead atoms. The number of aryl methyl sites for hydroxylation is 2. The molecule has 1 aliphatic carbocycles. The van der Waals surface area contributed by atoms with Crippen LogP contribution in [-0.2, 0) is 20.7 Å². The molecule has 1 amide bonds. The molecule has 2 aromatic rings. The van der Waals surface area contributed by atoms with Gasteiger partial charge in [0.05, 0.1) is 6.04 Å². The molecule has 0 N–H and O–H groups in total. The first kappa shape index (κ1) is 18.9. The Morgan fingerprint density at radius 1 is 1.15 bits per heavy atom. The normalized spacial score (nSPS) is 16.0. The molecular formula is C23H25NO3. The van der Waals surface area contributed by atoms with E-state index in [0.29, 0.717) is 0 Å². The molecule has 2 aromatic carbocycles. The van der Waals surface area contributed by atoms with E-state index in [0.717, 1.165) is 30.4 Å². The van der Waals surface area contributed by atoms with E-state index >= 15 is 0 Å². The minimum Gasteiger partial charge on any atom is -0.452 e. The molecule has 140 valence electrons. The molecule has 3 rings (SSSR count). The Kier molecular flexibility index (Phi) is 6.07. The lowest BCUT2D eigenvalue weighted by Gasteiger charge is -2.33. The number of benzene rings is 2. The van der Waals surface area contributed by atoms with Gasteiger partial charge in [0.1, 0.15) is 0 Å². The number of ether oxygens (including phenoxy) is 1. The van der Waals surface area contributed by atoms with Crippen LogP contribution in [0.15, 0.2) is 54.6 Å². The highest BCUT2D eigenvalue weighted by Crippen LogP contribution is 2.33. The number of carbonyl (C=O) groups excluding carboxylic acids is 2. The zero-order valence-corrected chi connectivity index (χ0v) is 15.9. The third-order valence-electron chi connectivity index (χ3n) is 5.12. The lowest BCUT2D eigenvalue weighted by molar-refractivity contribution is -0.148. The van der Waals surface area contributed by atoms with Crippen molar-refractivity contribution < 1.29 is 14.3 Å². The first-order chi connectivity index (χ1) is 13.1. The highest BCUT2D eigenvalue weighted by molar-refractivity contribution is 5.89. The second kappa shape index (κ2) is 8.67. The maximum absolute atomic E-state index is 12.5. The Morgan fingerprint density at radius 3 is 2.70 bits per heavy atom. The quantitative estimate of drug-likeness (QED) is 0.594. The second-order valence-electron chi connectivity index (χ2n) is 6.91. The molecule has 27 heavy (non-hydrogen) atoms. The predicted molar refractivity (Wildman–Crippen MR) is 106 cm³/mol. The minimum atomic E-state index is -0.510. The Morgan fingerprint density at radius 2 is 1.89 bits per heavy atom. The summed E-state index contributed by atoms with van der Waals surface area (Å²) in [6.07, 6.45) is 6.11. The standard InChI is InChI=1S/C23H25NO3/c1-17-8-3-4-9-18(17)14-15-23(26)27-16-22(25)24(2)21-13-7-11-19-10-5-6-12-20(19)21/h3-6,8-10,12,14-15,21H,7,11,13,16H2,1-2H3/b15-14+/t21-/m0/s1. The van der Waals surface area contributed by atoms with Crippen molar-refractivity contribution in [1.29, 1.82) is 0 Å². The molecular weight excluding hydrogens is 338 g/mol. The average molecular weight is 363 g/mol. The van der Waals surface area contributed by atoms with Crippen molar-refractivity contribution in [1.82, 2.24) is 4.90 Å². The maximum atomic E-state index is 12.5. The fourth-order valence-corrected chi connectivity index (χ4v) is 3.52. The van der Waals surface area contributed by atoms with Crippen molar-refractivity contribution in [3.05, 3.63) is 76.9 Å². The number of amides is 1. The van der Waals surface area contributed by atoms with Crippen molar-refractivity contribution in [2.45, 2.75) is 32.2 Å². The molecule has 0 aliphatic heterocycles. The van der Waals surface area contributed by atoms with Gasteiger partial charge in [-0.15, -0.1) is 0 Å². The summed E-state index contributed by atoms with van der Waals surface area (Å²) < 4.78 is 5.15. The SMILES string of the molecule is Cc1ccccc1/C=C/C(=O)OCC(=O)N(C)[C@H]1CCCc2ccccc21. The molecule has 0 fully saturated rings. The van der Waals surface area contributed by atoms with Crippen molar-refractivity contribution in [2.24, 2.45) is 0 Å². The Balaban J connectivity index is 1.56. The van der Waals surface area contributed by atoms with E-state index < -0.39 is 5.97 Å². The minimum absolute atomic E-state index is 0.0451. The van der Waals surface area contributed by atoms with Crippen LogP contribution in [0.4, 0.5) is 0 Å². The smallest absolute Gasteiger partial charge is 0.331 e. The third-order valence-corrected chi connectivity index (χ3v) is 5.12. The van der Waals surface area contributed by atoms with Gasteiger partial charge in [-0.3, -0.25) is 4.79 Å². The van der Waals surface area contributed by atoms with Gasteiger partial charge in [0.25, 0.3) is 5.91 Å². The maximum Gasteiger partial charge on any atom is 0.331 e. The van der Waals surface area contributed by atoms with Crippen LogP contribution in [0.1, 0.15) is 41.1 Å². The topological polar surface area (TPSA) is 46.6 Å². The summed E-state index contributed by atoms with van der Waals surface area (Å²) in [5.74, 6) is -0.696. The molecule has 4 heteroatoms. The van der Waals surface area contributed by atoms with E-state index in [4.69, 9.17) is 4.74 Å². The van der Waals surface area contributed by atoms with E-state index in [1.165, 1.54) is 17.2 Å². The number of rotatable bonds is 5. The number of hydrogen-bond donors (Lipinski definition) is 0. The third kappa shape index (κ3) is 4.64. The largest absolute Gasteiger partial charge is 0.452 e. The van der Waals surface area contributed by atoms with E-state index in [9.17, 15) is 9.59 Å². The summed E-state index contributed by atoms with van der Waals surface area (Å²) in [7, 11) is 1.78. The molecule has 0 spiro atoms. The fraction of sp³-hybridized carbons (Fsp3) is 0.304. The monoisotopic (exact) mass is 363 g/mol. The van der Waals surface area contributed by atoms with Crippen LogP contribution in [-0.4, -0.2) is 30.4 Å². The zero-order chi connectivity index (χ0) is 19.2. The summed E-state index contributed by atoms with van der Waals surface area (Å²) in [6, 6.07) is 16.1. The molecule has 0 aromatic heterocycles. The molecule has 4 nitrogen and oxygen atoms in total. The number of esters is 1. The van der Waals surface area contributed by atoms with Crippen molar-refractivity contribution in [2.75, 3.05) is 13.7 Å². The van der Waals surface area contributed by atoms with E-state index in [1.54, 1.807) is 18.0 Å². The first-order valence-electron chi connectivity index (χ1n) is 9.30. The molecule has 1 aliphatic rings. The molecule has 0 heterocycles. The van der Waals surface area contributed by atoms with Gasteiger partial charge in [0.15, 0.2) is 6.61 Å². The molecule has 0 radical (unpaired) electrons. The van der Waals surface area contributed by atoms with Crippen LogP contribution >= 0.6 is 0 Å². The molecule has 1 atom stereocenters. The Labute approximate surface area is 160 Å². The Bertz CT molecular complexity index is 856. The van der Waals surface area contributed by atoms with Crippen LogP contribution < -0.4 is 0 Å². The number of carbonyl (C=O) groups is 2. The van der Waals surface area contributed by atoms with E-state index in [-0.39, 0.29) is 18.6 Å². The van der Waals surface area contributed by atoms with Gasteiger partial charge in [0.2, 0.25) is 0 Å². The Hall–Kier alpha value is -2.88. The molecule has 0 saturated carbocycles. The highest BCUT2D eigenvalue weighted by Gasteiger charge is 2.26. The number of nitrogens with zero attached hydrogens (tertiary/aromatic N) is 1. The van der Waals surface area contributed by atoms with Gasteiger partial charge < -0.3 is 9.64 Å². The second-order valence-corrected chi connectivity index (χ2v) is 6.91. The summed E-state index contributed by atoms with van der Waals surface area (Å²) in [5, 5.41) is 0. The van der Waals surface area contributed by atoms with Gasteiger partial charge >= 0.3 is 5.97 Å². The number of likely N-dealkylation sites (N-methyl/N-ethyl adjacent to an activating group) is 1. The van der Waals surface area contributed by atoms with Crippen LogP contribution in [0, 0.1) is 6.92 Å². The van der Waals surface area contributed by atoms with Gasteiger partial charge in [-0.05, 0) is 54.5 Å². The van der Waals surface area contributed by atoms with Gasteiger partial charge in [-0.25, -0.2) is 4.79 Å².